The van der Waals surface area contributed by atoms with Crippen LogP contribution in [0.1, 0.15) is 25.5 Å². The highest BCUT2D eigenvalue weighted by atomic mass is 127. The molecule has 2 N–H and O–H groups in total. The van der Waals surface area contributed by atoms with Crippen molar-refractivity contribution in [1.82, 2.24) is 19.9 Å². The second kappa shape index (κ2) is 11.9. The summed E-state index contributed by atoms with van der Waals surface area (Å²) in [5, 5.41) is 6.26. The zero-order valence-electron chi connectivity index (χ0n) is 16.8. The standard InChI is InChI=1S/C17H26F3N5O3S.HI/c1-3-21-16(23-12-14-5-4-6-15(24-14)28-2)22-11-13-7-9-25(10-8-13)29(26,27)17(18,19)20;/h4-6,13H,3,7-12H2,1-2H3,(H2,21,22,23);1H. The maximum absolute atomic E-state index is 12.6. The van der Waals surface area contributed by atoms with Gasteiger partial charge >= 0.3 is 15.5 Å². The second-order valence-electron chi connectivity index (χ2n) is 6.54. The number of methoxy groups -OCH3 is 1. The second-order valence-corrected chi connectivity index (χ2v) is 8.47. The molecule has 13 heteroatoms. The number of nitrogens with one attached hydrogen (secondary N) is 2. The van der Waals surface area contributed by atoms with Crippen molar-refractivity contribution in [3.05, 3.63) is 23.9 Å². The first-order chi connectivity index (χ1) is 13.7. The zero-order valence-corrected chi connectivity index (χ0v) is 19.9. The number of hydrogen-bond donors (Lipinski definition) is 2. The molecule has 1 aromatic heterocycles. The molecule has 0 atom stereocenters. The lowest BCUT2D eigenvalue weighted by atomic mass is 9.98. The van der Waals surface area contributed by atoms with Crippen molar-refractivity contribution in [2.75, 3.05) is 33.3 Å². The Morgan fingerprint density at radius 3 is 2.53 bits per heavy atom. The van der Waals surface area contributed by atoms with E-state index in [0.29, 0.717) is 48.6 Å². The van der Waals surface area contributed by atoms with Crippen LogP contribution < -0.4 is 15.4 Å². The van der Waals surface area contributed by atoms with Gasteiger partial charge in [-0.2, -0.15) is 17.5 Å². The number of alkyl halides is 3. The Kier molecular flexibility index (Phi) is 10.6. The molecule has 172 valence electrons. The van der Waals surface area contributed by atoms with E-state index in [1.165, 1.54) is 7.11 Å². The van der Waals surface area contributed by atoms with Crippen LogP contribution in [0.2, 0.25) is 0 Å². The highest BCUT2D eigenvalue weighted by Gasteiger charge is 2.50. The molecule has 1 aliphatic heterocycles. The summed E-state index contributed by atoms with van der Waals surface area (Å²) in [6.07, 6.45) is 0.693. The Bertz CT molecular complexity index is 800. The Balaban J connectivity index is 0.00000450. The quantitative estimate of drug-likeness (QED) is 0.300. The van der Waals surface area contributed by atoms with Crippen LogP contribution in [0.25, 0.3) is 0 Å². The number of piperidine rings is 1. The first-order valence-corrected chi connectivity index (χ1v) is 10.7. The van der Waals surface area contributed by atoms with Crippen molar-refractivity contribution >= 4 is 40.0 Å². The third-order valence-corrected chi connectivity index (χ3v) is 6.13. The van der Waals surface area contributed by atoms with Gasteiger partial charge in [0.1, 0.15) is 0 Å². The third-order valence-electron chi connectivity index (χ3n) is 4.50. The molecule has 2 rings (SSSR count). The molecule has 1 fully saturated rings. The average molecular weight is 565 g/mol. The number of pyridine rings is 1. The van der Waals surface area contributed by atoms with E-state index in [0.717, 1.165) is 5.69 Å². The van der Waals surface area contributed by atoms with Gasteiger partial charge in [0.25, 0.3) is 0 Å². The molecule has 0 bridgehead atoms. The van der Waals surface area contributed by atoms with Crippen molar-refractivity contribution in [3.8, 4) is 5.88 Å². The Morgan fingerprint density at radius 1 is 1.30 bits per heavy atom. The molecular weight excluding hydrogens is 538 g/mol. The molecule has 2 heterocycles. The van der Waals surface area contributed by atoms with Crippen LogP contribution in [0.5, 0.6) is 5.88 Å². The molecule has 1 aliphatic rings. The van der Waals surface area contributed by atoms with E-state index in [9.17, 15) is 21.6 Å². The maximum Gasteiger partial charge on any atom is 0.511 e. The van der Waals surface area contributed by atoms with Crippen molar-refractivity contribution in [2.45, 2.75) is 31.8 Å². The number of aromatic nitrogens is 1. The van der Waals surface area contributed by atoms with Gasteiger partial charge in [-0.1, -0.05) is 6.07 Å². The van der Waals surface area contributed by atoms with Crippen LogP contribution in [0.15, 0.2) is 23.2 Å². The monoisotopic (exact) mass is 565 g/mol. The summed E-state index contributed by atoms with van der Waals surface area (Å²) in [5.41, 5.74) is -4.52. The van der Waals surface area contributed by atoms with Crippen molar-refractivity contribution in [3.63, 3.8) is 0 Å². The molecule has 0 aromatic carbocycles. The van der Waals surface area contributed by atoms with Crippen LogP contribution >= 0.6 is 24.0 Å². The summed E-state index contributed by atoms with van der Waals surface area (Å²) in [6, 6.07) is 5.38. The number of guanidine groups is 1. The molecule has 0 aliphatic carbocycles. The molecule has 1 aromatic rings. The van der Waals surface area contributed by atoms with E-state index in [-0.39, 0.29) is 43.0 Å². The Morgan fingerprint density at radius 2 is 1.97 bits per heavy atom. The van der Waals surface area contributed by atoms with Gasteiger partial charge < -0.3 is 15.4 Å². The summed E-state index contributed by atoms with van der Waals surface area (Å²) in [4.78, 5) is 8.74. The summed E-state index contributed by atoms with van der Waals surface area (Å²) in [5.74, 6) is 1.10. The number of halogens is 4. The van der Waals surface area contributed by atoms with Gasteiger partial charge in [-0.3, -0.25) is 0 Å². The molecule has 1 saturated heterocycles. The smallest absolute Gasteiger partial charge is 0.481 e. The average Bonchev–Trinajstić information content (AvgIpc) is 2.69. The molecule has 0 spiro atoms. The fourth-order valence-electron chi connectivity index (χ4n) is 2.90. The fourth-order valence-corrected chi connectivity index (χ4v) is 3.89. The minimum absolute atomic E-state index is 0. The van der Waals surface area contributed by atoms with Gasteiger partial charge in [-0.05, 0) is 31.7 Å². The molecular formula is C17H27F3IN5O3S. The van der Waals surface area contributed by atoms with Crippen LogP contribution in [0, 0.1) is 5.92 Å². The van der Waals surface area contributed by atoms with Crippen LogP contribution in [0.3, 0.4) is 0 Å². The normalized spacial score (nSPS) is 16.6. The lowest BCUT2D eigenvalue weighted by Gasteiger charge is -2.31. The summed E-state index contributed by atoms with van der Waals surface area (Å²) in [7, 11) is -3.71. The Hall–Kier alpha value is -1.35. The van der Waals surface area contributed by atoms with Crippen LogP contribution in [-0.2, 0) is 16.6 Å². The van der Waals surface area contributed by atoms with Crippen LogP contribution in [-0.4, -0.2) is 62.5 Å². The predicted octanol–water partition coefficient (Wildman–Crippen LogP) is 2.32. The fraction of sp³-hybridized carbons (Fsp3) is 0.647. The van der Waals surface area contributed by atoms with E-state index < -0.39 is 15.5 Å². The van der Waals surface area contributed by atoms with Crippen LogP contribution in [0.4, 0.5) is 13.2 Å². The Labute approximate surface area is 191 Å². The van der Waals surface area contributed by atoms with E-state index in [1.807, 2.05) is 19.1 Å². The first kappa shape index (κ1) is 26.7. The van der Waals surface area contributed by atoms with Gasteiger partial charge in [-0.25, -0.2) is 18.4 Å². The molecule has 0 amide bonds. The SMILES string of the molecule is CCNC(=NCc1cccc(OC)n1)NCC1CCN(S(=O)(=O)C(F)(F)F)CC1.I. The highest BCUT2D eigenvalue weighted by Crippen LogP contribution is 2.30. The number of nitrogens with zero attached hydrogens (tertiary/aromatic N) is 3. The number of sulfonamides is 1. The van der Waals surface area contributed by atoms with Gasteiger partial charge in [-0.15, -0.1) is 24.0 Å². The minimum atomic E-state index is -5.25. The highest BCUT2D eigenvalue weighted by molar-refractivity contribution is 14.0. The molecule has 30 heavy (non-hydrogen) atoms. The number of rotatable bonds is 7. The number of ether oxygens (including phenoxy) is 1. The lowest BCUT2D eigenvalue weighted by Crippen LogP contribution is -2.47. The molecule has 0 unspecified atom stereocenters. The molecule has 8 nitrogen and oxygen atoms in total. The van der Waals surface area contributed by atoms with E-state index in [1.54, 1.807) is 6.07 Å². The summed E-state index contributed by atoms with van der Waals surface area (Å²) in [6.45, 7) is 3.08. The maximum atomic E-state index is 12.6. The zero-order chi connectivity index (χ0) is 21.5. The summed E-state index contributed by atoms with van der Waals surface area (Å²) < 4.78 is 66.5. The van der Waals surface area contributed by atoms with E-state index in [4.69, 9.17) is 4.74 Å². The predicted molar refractivity (Wildman–Crippen MR) is 118 cm³/mol. The number of aliphatic imine (C=N–C) groups is 1. The van der Waals surface area contributed by atoms with Gasteiger partial charge in [0.15, 0.2) is 5.96 Å². The van der Waals surface area contributed by atoms with E-state index >= 15 is 0 Å². The minimum Gasteiger partial charge on any atom is -0.481 e. The first-order valence-electron chi connectivity index (χ1n) is 9.26. The van der Waals surface area contributed by atoms with Gasteiger partial charge in [0.05, 0.1) is 19.3 Å². The van der Waals surface area contributed by atoms with Crippen molar-refractivity contribution < 1.29 is 26.3 Å². The summed E-state index contributed by atoms with van der Waals surface area (Å²) >= 11 is 0. The van der Waals surface area contributed by atoms with Crippen molar-refractivity contribution in [2.24, 2.45) is 10.9 Å². The van der Waals surface area contributed by atoms with Gasteiger partial charge in [0, 0.05) is 32.2 Å². The van der Waals surface area contributed by atoms with Crippen molar-refractivity contribution in [1.29, 1.82) is 0 Å². The molecule has 0 saturated carbocycles. The largest absolute Gasteiger partial charge is 0.511 e. The lowest BCUT2D eigenvalue weighted by molar-refractivity contribution is -0.0496. The topological polar surface area (TPSA) is 95.9 Å². The number of hydrogen-bond acceptors (Lipinski definition) is 5. The van der Waals surface area contributed by atoms with Gasteiger partial charge in [0.2, 0.25) is 5.88 Å². The molecule has 0 radical (unpaired) electrons. The third kappa shape index (κ3) is 7.41. The van der Waals surface area contributed by atoms with E-state index in [2.05, 4.69) is 20.6 Å².